The molecule has 0 saturated heterocycles. The third kappa shape index (κ3) is 2.72. The van der Waals surface area contributed by atoms with Crippen molar-refractivity contribution in [3.63, 3.8) is 0 Å². The minimum absolute atomic E-state index is 0.0972. The molecule has 0 aromatic heterocycles. The maximum atomic E-state index is 12.6. The molecule has 3 atom stereocenters. The van der Waals surface area contributed by atoms with E-state index in [2.05, 4.69) is 17.5 Å². The first-order valence-electron chi connectivity index (χ1n) is 7.42. The van der Waals surface area contributed by atoms with E-state index < -0.39 is 11.6 Å². The van der Waals surface area contributed by atoms with E-state index in [1.165, 1.54) is 0 Å². The van der Waals surface area contributed by atoms with Gasteiger partial charge in [-0.05, 0) is 39.3 Å². The summed E-state index contributed by atoms with van der Waals surface area (Å²) in [4.78, 5) is 12.6. The molecule has 1 aromatic carbocycles. The lowest BCUT2D eigenvalue weighted by Gasteiger charge is -2.37. The zero-order valence-electron chi connectivity index (χ0n) is 12.8. The maximum Gasteiger partial charge on any atom is 0.329 e. The van der Waals surface area contributed by atoms with Crippen molar-refractivity contribution in [2.75, 3.05) is 5.32 Å². The SMILES string of the molecule is CC(C)(C)OC(=O)[C@@H]1Nc2c(Cl)ccc(Cl)c2[C@@H]2C=CC[C@H]12. The van der Waals surface area contributed by atoms with Crippen LogP contribution < -0.4 is 5.32 Å². The summed E-state index contributed by atoms with van der Waals surface area (Å²) >= 11 is 12.7. The molecule has 5 heteroatoms. The minimum atomic E-state index is -0.515. The number of fused-ring (bicyclic) bond motifs is 3. The summed E-state index contributed by atoms with van der Waals surface area (Å²) in [6.07, 6.45) is 5.04. The Morgan fingerprint density at radius 1 is 1.27 bits per heavy atom. The van der Waals surface area contributed by atoms with Gasteiger partial charge in [-0.25, -0.2) is 4.79 Å². The van der Waals surface area contributed by atoms with Crippen LogP contribution in [0.15, 0.2) is 24.3 Å². The van der Waals surface area contributed by atoms with Gasteiger partial charge in [0.2, 0.25) is 0 Å². The Labute approximate surface area is 140 Å². The lowest BCUT2D eigenvalue weighted by Crippen LogP contribution is -2.45. The summed E-state index contributed by atoms with van der Waals surface area (Å²) in [6.45, 7) is 5.61. The number of ether oxygens (including phenoxy) is 1. The lowest BCUT2D eigenvalue weighted by molar-refractivity contribution is -0.157. The standard InChI is InChI=1S/C17H19Cl2NO2/c1-17(2,3)22-16(21)14-10-6-4-5-9(10)13-11(18)7-8-12(19)15(13)20-14/h4-5,7-10,14,20H,6H2,1-3H3/t9-,10+,14-/m1/s1. The lowest BCUT2D eigenvalue weighted by atomic mass is 9.79. The fraction of sp³-hybridized carbons (Fsp3) is 0.471. The van der Waals surface area contributed by atoms with E-state index in [1.807, 2.05) is 20.8 Å². The van der Waals surface area contributed by atoms with E-state index in [1.54, 1.807) is 12.1 Å². The molecule has 3 rings (SSSR count). The predicted molar refractivity (Wildman–Crippen MR) is 89.7 cm³/mol. The molecule has 0 unspecified atom stereocenters. The summed E-state index contributed by atoms with van der Waals surface area (Å²) < 4.78 is 5.57. The molecule has 0 spiro atoms. The van der Waals surface area contributed by atoms with Crippen LogP contribution in [0.4, 0.5) is 5.69 Å². The van der Waals surface area contributed by atoms with Crippen molar-refractivity contribution in [1.29, 1.82) is 0 Å². The number of hydrogen-bond donors (Lipinski definition) is 1. The number of benzene rings is 1. The second kappa shape index (κ2) is 5.47. The molecule has 1 N–H and O–H groups in total. The number of anilines is 1. The van der Waals surface area contributed by atoms with Crippen LogP contribution in [0, 0.1) is 5.92 Å². The highest BCUT2D eigenvalue weighted by atomic mass is 35.5. The van der Waals surface area contributed by atoms with Crippen LogP contribution in [0.25, 0.3) is 0 Å². The van der Waals surface area contributed by atoms with Crippen LogP contribution >= 0.6 is 23.2 Å². The van der Waals surface area contributed by atoms with Crippen LogP contribution in [0.2, 0.25) is 10.0 Å². The van der Waals surface area contributed by atoms with Crippen molar-refractivity contribution in [3.05, 3.63) is 39.9 Å². The molecule has 1 aliphatic heterocycles. The molecule has 0 bridgehead atoms. The number of nitrogens with one attached hydrogen (secondary N) is 1. The van der Waals surface area contributed by atoms with E-state index in [4.69, 9.17) is 27.9 Å². The molecule has 0 radical (unpaired) electrons. The minimum Gasteiger partial charge on any atom is -0.458 e. The fourth-order valence-corrected chi connectivity index (χ4v) is 3.73. The Balaban J connectivity index is 2.00. The quantitative estimate of drug-likeness (QED) is 0.590. The first kappa shape index (κ1) is 15.7. The van der Waals surface area contributed by atoms with Crippen LogP contribution in [-0.2, 0) is 9.53 Å². The van der Waals surface area contributed by atoms with Gasteiger partial charge in [-0.3, -0.25) is 0 Å². The average Bonchev–Trinajstić information content (AvgIpc) is 2.88. The Kier molecular flexibility index (Phi) is 3.90. The Morgan fingerprint density at radius 3 is 2.64 bits per heavy atom. The molecule has 0 saturated carbocycles. The van der Waals surface area contributed by atoms with Gasteiger partial charge in [0.15, 0.2) is 0 Å². The molecule has 1 aromatic rings. The number of allylic oxidation sites excluding steroid dienone is 2. The van der Waals surface area contributed by atoms with Crippen LogP contribution in [-0.4, -0.2) is 17.6 Å². The van der Waals surface area contributed by atoms with Crippen molar-refractivity contribution < 1.29 is 9.53 Å². The second-order valence-electron chi connectivity index (χ2n) is 6.83. The van der Waals surface area contributed by atoms with Gasteiger partial charge in [-0.1, -0.05) is 35.4 Å². The Bertz CT molecular complexity index is 649. The van der Waals surface area contributed by atoms with Crippen molar-refractivity contribution in [1.82, 2.24) is 0 Å². The average molecular weight is 340 g/mol. The molecular weight excluding hydrogens is 321 g/mol. The molecular formula is C17H19Cl2NO2. The van der Waals surface area contributed by atoms with Gasteiger partial charge < -0.3 is 10.1 Å². The molecule has 118 valence electrons. The van der Waals surface area contributed by atoms with E-state index >= 15 is 0 Å². The smallest absolute Gasteiger partial charge is 0.329 e. The number of hydrogen-bond acceptors (Lipinski definition) is 3. The van der Waals surface area contributed by atoms with E-state index in [0.717, 1.165) is 17.7 Å². The number of esters is 1. The maximum absolute atomic E-state index is 12.6. The Morgan fingerprint density at radius 2 is 1.95 bits per heavy atom. The summed E-state index contributed by atoms with van der Waals surface area (Å²) in [5.41, 5.74) is 1.21. The van der Waals surface area contributed by atoms with Gasteiger partial charge in [0.05, 0.1) is 10.7 Å². The van der Waals surface area contributed by atoms with Crippen LogP contribution in [0.5, 0.6) is 0 Å². The third-order valence-electron chi connectivity index (χ3n) is 4.08. The van der Waals surface area contributed by atoms with E-state index in [9.17, 15) is 4.79 Å². The highest BCUT2D eigenvalue weighted by molar-refractivity contribution is 6.36. The fourth-order valence-electron chi connectivity index (χ4n) is 3.23. The number of carbonyl (C=O) groups is 1. The van der Waals surface area contributed by atoms with Crippen molar-refractivity contribution >= 4 is 34.9 Å². The van der Waals surface area contributed by atoms with Gasteiger partial charge in [0, 0.05) is 22.4 Å². The van der Waals surface area contributed by atoms with Gasteiger partial charge in [0.1, 0.15) is 11.6 Å². The van der Waals surface area contributed by atoms with Gasteiger partial charge in [-0.15, -0.1) is 0 Å². The van der Waals surface area contributed by atoms with Gasteiger partial charge in [0.25, 0.3) is 0 Å². The van der Waals surface area contributed by atoms with Gasteiger partial charge in [-0.2, -0.15) is 0 Å². The monoisotopic (exact) mass is 339 g/mol. The second-order valence-corrected chi connectivity index (χ2v) is 7.64. The molecule has 2 aliphatic rings. The topological polar surface area (TPSA) is 38.3 Å². The molecule has 3 nitrogen and oxygen atoms in total. The molecule has 1 heterocycles. The van der Waals surface area contributed by atoms with E-state index in [-0.39, 0.29) is 17.8 Å². The van der Waals surface area contributed by atoms with Crippen molar-refractivity contribution in [3.8, 4) is 0 Å². The van der Waals surface area contributed by atoms with Crippen LogP contribution in [0.3, 0.4) is 0 Å². The number of rotatable bonds is 1. The number of carbonyl (C=O) groups excluding carboxylic acids is 1. The molecule has 22 heavy (non-hydrogen) atoms. The van der Waals surface area contributed by atoms with Crippen molar-refractivity contribution in [2.24, 2.45) is 5.92 Å². The third-order valence-corrected chi connectivity index (χ3v) is 4.72. The first-order chi connectivity index (χ1) is 10.3. The molecule has 0 amide bonds. The summed E-state index contributed by atoms with van der Waals surface area (Å²) in [6, 6.07) is 3.14. The van der Waals surface area contributed by atoms with E-state index in [0.29, 0.717) is 10.0 Å². The molecule has 1 aliphatic carbocycles. The zero-order valence-corrected chi connectivity index (χ0v) is 14.3. The summed E-state index contributed by atoms with van der Waals surface area (Å²) in [5, 5.41) is 4.52. The molecule has 0 fully saturated rings. The van der Waals surface area contributed by atoms with Gasteiger partial charge >= 0.3 is 5.97 Å². The highest BCUT2D eigenvalue weighted by Crippen LogP contribution is 2.49. The normalized spacial score (nSPS) is 26.1. The largest absolute Gasteiger partial charge is 0.458 e. The number of halogens is 2. The predicted octanol–water partition coefficient (Wildman–Crippen LogP) is 4.79. The van der Waals surface area contributed by atoms with Crippen LogP contribution in [0.1, 0.15) is 38.7 Å². The van der Waals surface area contributed by atoms with Crippen molar-refractivity contribution in [2.45, 2.75) is 44.8 Å². The zero-order chi connectivity index (χ0) is 16.1. The Hall–Kier alpha value is -1.19. The summed E-state index contributed by atoms with van der Waals surface area (Å²) in [5.74, 6) is -0.0359. The summed E-state index contributed by atoms with van der Waals surface area (Å²) in [7, 11) is 0. The highest BCUT2D eigenvalue weighted by Gasteiger charge is 2.43. The first-order valence-corrected chi connectivity index (χ1v) is 8.17.